The highest BCUT2D eigenvalue weighted by molar-refractivity contribution is 14.1. The lowest BCUT2D eigenvalue weighted by Gasteiger charge is -2.33. The topological polar surface area (TPSA) is 98.4 Å². The van der Waals surface area contributed by atoms with Crippen molar-refractivity contribution in [3.63, 3.8) is 0 Å². The van der Waals surface area contributed by atoms with Crippen molar-refractivity contribution in [3.05, 3.63) is 21.3 Å². The summed E-state index contributed by atoms with van der Waals surface area (Å²) >= 11 is 2.20. The number of nitrogens with two attached hydrogens (primary N) is 3. The molecule has 1 amide bonds. The highest BCUT2D eigenvalue weighted by Crippen LogP contribution is 2.29. The molecule has 0 radical (unpaired) electrons. The highest BCUT2D eigenvalue weighted by Gasteiger charge is 2.20. The van der Waals surface area contributed by atoms with Crippen LogP contribution in [0, 0.1) is 3.57 Å². The predicted octanol–water partition coefficient (Wildman–Crippen LogP) is 0.900. The van der Waals surface area contributed by atoms with E-state index >= 15 is 0 Å². The number of benzene rings is 1. The molecule has 0 spiro atoms. The molecule has 5 nitrogen and oxygen atoms in total. The summed E-state index contributed by atoms with van der Waals surface area (Å²) < 4.78 is 0.977. The molecule has 1 fully saturated rings. The van der Waals surface area contributed by atoms with E-state index in [1.54, 1.807) is 6.07 Å². The lowest BCUT2D eigenvalue weighted by Crippen LogP contribution is -2.43. The van der Waals surface area contributed by atoms with Crippen molar-refractivity contribution in [2.24, 2.45) is 11.5 Å². The Hall–Kier alpha value is -1.02. The third-order valence-corrected chi connectivity index (χ3v) is 4.05. The van der Waals surface area contributed by atoms with Crippen LogP contribution in [0.3, 0.4) is 0 Å². The molecular weight excluding hydrogens is 343 g/mol. The largest absolute Gasteiger partial charge is 0.398 e. The summed E-state index contributed by atoms with van der Waals surface area (Å²) in [6.45, 7) is 1.80. The number of nitrogen functional groups attached to an aromatic ring is 1. The van der Waals surface area contributed by atoms with E-state index in [9.17, 15) is 4.79 Å². The molecule has 0 unspecified atom stereocenters. The average Bonchev–Trinajstić information content (AvgIpc) is 2.31. The van der Waals surface area contributed by atoms with E-state index in [4.69, 9.17) is 17.2 Å². The van der Waals surface area contributed by atoms with Gasteiger partial charge in [0.2, 0.25) is 0 Å². The third kappa shape index (κ3) is 2.69. The number of hydrogen-bond acceptors (Lipinski definition) is 4. The first-order valence-electron chi connectivity index (χ1n) is 5.88. The van der Waals surface area contributed by atoms with Crippen LogP contribution in [0.5, 0.6) is 0 Å². The fraction of sp³-hybridized carbons (Fsp3) is 0.417. The van der Waals surface area contributed by atoms with Crippen LogP contribution in [0.4, 0.5) is 11.4 Å². The first-order valence-corrected chi connectivity index (χ1v) is 6.96. The lowest BCUT2D eigenvalue weighted by molar-refractivity contribution is 0.100. The second kappa shape index (κ2) is 5.31. The van der Waals surface area contributed by atoms with Crippen LogP contribution >= 0.6 is 22.6 Å². The van der Waals surface area contributed by atoms with E-state index in [1.165, 1.54) is 0 Å². The molecule has 6 heteroatoms. The van der Waals surface area contributed by atoms with E-state index < -0.39 is 5.91 Å². The molecule has 1 aliphatic rings. The molecule has 1 aromatic carbocycles. The summed E-state index contributed by atoms with van der Waals surface area (Å²) in [4.78, 5) is 13.4. The molecule has 0 aromatic heterocycles. The second-order valence-corrected chi connectivity index (χ2v) is 5.77. The van der Waals surface area contributed by atoms with Crippen molar-refractivity contribution in [2.75, 3.05) is 23.7 Å². The molecule has 0 aliphatic carbocycles. The number of halogens is 1. The molecule has 6 N–H and O–H groups in total. The van der Waals surface area contributed by atoms with Crippen LogP contribution in [0.15, 0.2) is 12.1 Å². The Morgan fingerprint density at radius 1 is 1.44 bits per heavy atom. The van der Waals surface area contributed by atoms with Crippen molar-refractivity contribution in [2.45, 2.75) is 18.9 Å². The predicted molar refractivity (Wildman–Crippen MR) is 81.5 cm³/mol. The van der Waals surface area contributed by atoms with Gasteiger partial charge in [-0.3, -0.25) is 4.79 Å². The van der Waals surface area contributed by atoms with Crippen molar-refractivity contribution >= 4 is 39.9 Å². The Morgan fingerprint density at radius 2 is 2.17 bits per heavy atom. The summed E-state index contributed by atoms with van der Waals surface area (Å²) in [5, 5.41) is 0. The van der Waals surface area contributed by atoms with Crippen LogP contribution in [-0.2, 0) is 0 Å². The average molecular weight is 360 g/mol. The molecule has 1 saturated heterocycles. The zero-order valence-electron chi connectivity index (χ0n) is 10.0. The van der Waals surface area contributed by atoms with Crippen LogP contribution in [-0.4, -0.2) is 25.0 Å². The van der Waals surface area contributed by atoms with Crippen LogP contribution in [0.2, 0.25) is 0 Å². The molecule has 0 saturated carbocycles. The maximum absolute atomic E-state index is 11.2. The third-order valence-electron chi connectivity index (χ3n) is 3.18. The fourth-order valence-electron chi connectivity index (χ4n) is 2.26. The van der Waals surface area contributed by atoms with Crippen molar-refractivity contribution in [1.82, 2.24) is 0 Å². The minimum absolute atomic E-state index is 0.201. The number of carbonyl (C=O) groups excluding carboxylic acids is 1. The number of piperidine rings is 1. The zero-order chi connectivity index (χ0) is 13.3. The van der Waals surface area contributed by atoms with Gasteiger partial charge in [-0.05, 0) is 47.6 Å². The minimum Gasteiger partial charge on any atom is -0.398 e. The molecule has 0 bridgehead atoms. The Labute approximate surface area is 120 Å². The first-order chi connectivity index (χ1) is 8.49. The van der Waals surface area contributed by atoms with E-state index in [-0.39, 0.29) is 6.04 Å². The van der Waals surface area contributed by atoms with Gasteiger partial charge in [0.1, 0.15) is 0 Å². The summed E-state index contributed by atoms with van der Waals surface area (Å²) in [6.07, 6.45) is 2.14. The Morgan fingerprint density at radius 3 is 2.78 bits per heavy atom. The van der Waals surface area contributed by atoms with Gasteiger partial charge in [-0.1, -0.05) is 0 Å². The molecule has 2 rings (SSSR count). The molecule has 98 valence electrons. The number of carbonyl (C=O) groups is 1. The van der Waals surface area contributed by atoms with Crippen molar-refractivity contribution < 1.29 is 4.79 Å². The monoisotopic (exact) mass is 360 g/mol. The first kappa shape index (κ1) is 13.4. The number of amides is 1. The van der Waals surface area contributed by atoms with Gasteiger partial charge < -0.3 is 22.1 Å². The summed E-state index contributed by atoms with van der Waals surface area (Å²) in [5.74, 6) is -0.493. The lowest BCUT2D eigenvalue weighted by atomic mass is 10.0. The van der Waals surface area contributed by atoms with Gasteiger partial charge in [-0.15, -0.1) is 0 Å². The van der Waals surface area contributed by atoms with Crippen LogP contribution in [0.25, 0.3) is 0 Å². The quantitative estimate of drug-likeness (QED) is 0.539. The maximum Gasteiger partial charge on any atom is 0.250 e. The Bertz CT molecular complexity index is 477. The van der Waals surface area contributed by atoms with Crippen molar-refractivity contribution in [3.8, 4) is 0 Å². The Balaban J connectivity index is 2.34. The zero-order valence-corrected chi connectivity index (χ0v) is 12.2. The second-order valence-electron chi connectivity index (χ2n) is 4.60. The molecule has 1 heterocycles. The van der Waals surface area contributed by atoms with Gasteiger partial charge in [0.25, 0.3) is 5.91 Å². The number of rotatable bonds is 2. The molecule has 1 aliphatic heterocycles. The normalized spacial score (nSPS) is 19.9. The van der Waals surface area contributed by atoms with Gasteiger partial charge in [0.15, 0.2) is 0 Å². The van der Waals surface area contributed by atoms with E-state index in [0.717, 1.165) is 35.2 Å². The molecule has 18 heavy (non-hydrogen) atoms. The minimum atomic E-state index is -0.493. The van der Waals surface area contributed by atoms with E-state index in [1.807, 2.05) is 6.07 Å². The van der Waals surface area contributed by atoms with Gasteiger partial charge in [0.05, 0.1) is 11.3 Å². The summed E-state index contributed by atoms with van der Waals surface area (Å²) in [6, 6.07) is 3.76. The van der Waals surface area contributed by atoms with Gasteiger partial charge >= 0.3 is 0 Å². The van der Waals surface area contributed by atoms with Crippen molar-refractivity contribution in [1.29, 1.82) is 0 Å². The van der Waals surface area contributed by atoms with Gasteiger partial charge in [-0.2, -0.15) is 0 Å². The van der Waals surface area contributed by atoms with Gasteiger partial charge in [-0.25, -0.2) is 0 Å². The van der Waals surface area contributed by atoms with Crippen LogP contribution in [0.1, 0.15) is 23.2 Å². The summed E-state index contributed by atoms with van der Waals surface area (Å²) in [5.41, 5.74) is 19.0. The number of nitrogens with zero attached hydrogens (tertiary/aromatic N) is 1. The number of anilines is 2. The smallest absolute Gasteiger partial charge is 0.250 e. The summed E-state index contributed by atoms with van der Waals surface area (Å²) in [7, 11) is 0. The number of hydrogen-bond donors (Lipinski definition) is 3. The van der Waals surface area contributed by atoms with Crippen LogP contribution < -0.4 is 22.1 Å². The standard InChI is InChI=1S/C12H17IN4O/c13-9-4-8(12(16)18)10(15)5-11(9)17-3-1-2-7(14)6-17/h4-5,7H,1-3,6,14-15H2,(H2,16,18)/t7-/m0/s1. The SMILES string of the molecule is NC(=O)c1cc(I)c(N2CCC[C@H](N)C2)cc1N. The fourth-order valence-corrected chi connectivity index (χ4v) is 3.07. The van der Waals surface area contributed by atoms with E-state index in [2.05, 4.69) is 27.5 Å². The molecular formula is C12H17IN4O. The number of primary amides is 1. The highest BCUT2D eigenvalue weighted by atomic mass is 127. The molecule has 1 aromatic rings. The van der Waals surface area contributed by atoms with E-state index in [0.29, 0.717) is 11.3 Å². The maximum atomic E-state index is 11.2. The van der Waals surface area contributed by atoms with Gasteiger partial charge in [0, 0.05) is 28.4 Å². The Kier molecular flexibility index (Phi) is 3.96. The molecule has 1 atom stereocenters.